The van der Waals surface area contributed by atoms with E-state index in [-0.39, 0.29) is 29.6 Å². The number of hydrogen-bond acceptors (Lipinski definition) is 5. The molecule has 2 aromatic heterocycles. The van der Waals surface area contributed by atoms with E-state index in [9.17, 15) is 23.5 Å². The first-order valence-electron chi connectivity index (χ1n) is 11.5. The van der Waals surface area contributed by atoms with Gasteiger partial charge in [0.15, 0.2) is 5.76 Å². The molecule has 1 amide bonds. The number of aromatic amines is 1. The number of amides is 1. The Morgan fingerprint density at radius 1 is 1.19 bits per heavy atom. The van der Waals surface area contributed by atoms with Gasteiger partial charge in [-0.05, 0) is 42.7 Å². The number of nitrogens with one attached hydrogen (secondary N) is 1. The van der Waals surface area contributed by atoms with Crippen molar-refractivity contribution in [2.45, 2.75) is 38.8 Å². The Kier molecular flexibility index (Phi) is 6.22. The second-order valence-corrected chi connectivity index (χ2v) is 8.83. The van der Waals surface area contributed by atoms with E-state index in [0.29, 0.717) is 25.1 Å². The molecular weight excluding hydrogens is 470 g/mol. The number of aromatic hydroxyl groups is 1. The number of H-pyrrole nitrogens is 1. The minimum atomic E-state index is -3.02. The number of fused-ring (bicyclic) bond motifs is 3. The summed E-state index contributed by atoms with van der Waals surface area (Å²) in [6, 6.07) is 15.0. The normalized spacial score (nSPS) is 14.2. The van der Waals surface area contributed by atoms with Gasteiger partial charge in [0.2, 0.25) is 17.1 Å². The van der Waals surface area contributed by atoms with Crippen molar-refractivity contribution < 1.29 is 27.8 Å². The van der Waals surface area contributed by atoms with Crippen LogP contribution in [0.25, 0.3) is 10.9 Å². The lowest BCUT2D eigenvalue weighted by Gasteiger charge is -2.29. The van der Waals surface area contributed by atoms with Crippen LogP contribution < -0.4 is 10.2 Å². The van der Waals surface area contributed by atoms with Gasteiger partial charge in [-0.1, -0.05) is 30.3 Å². The standard InChI is InChI=1S/C27H24F2N2O5/c1-15-11-23(32)25(34)26(35-15)20(16-5-4-6-17(12-16)36-27(28)29)13-24(33)31-10-9-19-18-7-2-3-8-21(18)30-22(19)14-31/h2-8,11-12,20,27,30,34H,9-10,13-14H2,1H3/t20-/m0/s1. The third kappa shape index (κ3) is 4.56. The Bertz CT molecular complexity index is 1490. The van der Waals surface area contributed by atoms with E-state index in [0.717, 1.165) is 22.7 Å². The van der Waals surface area contributed by atoms with Crippen LogP contribution in [0.5, 0.6) is 11.5 Å². The van der Waals surface area contributed by atoms with E-state index in [1.807, 2.05) is 18.2 Å². The van der Waals surface area contributed by atoms with Crippen LogP contribution in [0, 0.1) is 6.92 Å². The fraction of sp³-hybridized carbons (Fsp3) is 0.259. The molecule has 0 spiro atoms. The predicted octanol–water partition coefficient (Wildman–Crippen LogP) is 4.84. The third-order valence-corrected chi connectivity index (χ3v) is 6.49. The van der Waals surface area contributed by atoms with Crippen LogP contribution in [0.3, 0.4) is 0 Å². The van der Waals surface area contributed by atoms with Crippen molar-refractivity contribution in [3.8, 4) is 11.5 Å². The molecule has 1 aliphatic heterocycles. The van der Waals surface area contributed by atoms with Crippen LogP contribution in [-0.4, -0.2) is 34.1 Å². The molecule has 0 aliphatic carbocycles. The zero-order valence-corrected chi connectivity index (χ0v) is 19.5. The molecular formula is C27H24F2N2O5. The summed E-state index contributed by atoms with van der Waals surface area (Å²) in [6.07, 6.45) is 0.534. The number of aryl methyl sites for hydroxylation is 1. The van der Waals surface area contributed by atoms with E-state index >= 15 is 0 Å². The molecule has 0 radical (unpaired) electrons. The fourth-order valence-electron chi connectivity index (χ4n) is 4.84. The number of nitrogens with zero attached hydrogens (tertiary/aromatic N) is 1. The maximum Gasteiger partial charge on any atom is 0.387 e. The Hall–Kier alpha value is -4.14. The van der Waals surface area contributed by atoms with E-state index < -0.39 is 23.7 Å². The fourth-order valence-corrected chi connectivity index (χ4v) is 4.84. The van der Waals surface area contributed by atoms with Gasteiger partial charge in [-0.3, -0.25) is 9.59 Å². The Morgan fingerprint density at radius 3 is 2.81 bits per heavy atom. The lowest BCUT2D eigenvalue weighted by molar-refractivity contribution is -0.132. The molecule has 36 heavy (non-hydrogen) atoms. The van der Waals surface area contributed by atoms with Crippen molar-refractivity contribution in [3.63, 3.8) is 0 Å². The van der Waals surface area contributed by atoms with Crippen molar-refractivity contribution in [2.75, 3.05) is 6.54 Å². The number of ether oxygens (including phenoxy) is 1. The molecule has 186 valence electrons. The monoisotopic (exact) mass is 494 g/mol. The van der Waals surface area contributed by atoms with Crippen molar-refractivity contribution in [2.24, 2.45) is 0 Å². The quantitative estimate of drug-likeness (QED) is 0.400. The van der Waals surface area contributed by atoms with E-state index in [4.69, 9.17) is 4.42 Å². The minimum Gasteiger partial charge on any atom is -0.502 e. The number of benzene rings is 2. The molecule has 5 rings (SSSR count). The molecule has 3 heterocycles. The highest BCUT2D eigenvalue weighted by molar-refractivity contribution is 5.86. The lowest BCUT2D eigenvalue weighted by atomic mass is 9.91. The molecule has 4 aromatic rings. The summed E-state index contributed by atoms with van der Waals surface area (Å²) in [5.41, 5.74) is 2.91. The topological polar surface area (TPSA) is 95.8 Å². The van der Waals surface area contributed by atoms with Crippen molar-refractivity contribution in [3.05, 3.63) is 93.2 Å². The first-order chi connectivity index (χ1) is 17.3. The van der Waals surface area contributed by atoms with Gasteiger partial charge < -0.3 is 24.1 Å². The Morgan fingerprint density at radius 2 is 2.00 bits per heavy atom. The van der Waals surface area contributed by atoms with E-state index in [1.165, 1.54) is 23.8 Å². The SMILES string of the molecule is Cc1cc(=O)c(O)c([C@@H](CC(=O)N2CCc3c([nH]c4ccccc34)C2)c2cccc(OC(F)F)c2)o1. The number of aromatic nitrogens is 1. The number of halogens is 2. The largest absolute Gasteiger partial charge is 0.502 e. The summed E-state index contributed by atoms with van der Waals surface area (Å²) >= 11 is 0. The van der Waals surface area contributed by atoms with Gasteiger partial charge in [0.25, 0.3) is 0 Å². The number of hydrogen-bond donors (Lipinski definition) is 2. The van der Waals surface area contributed by atoms with Gasteiger partial charge in [0, 0.05) is 35.6 Å². The average molecular weight is 494 g/mol. The van der Waals surface area contributed by atoms with Gasteiger partial charge in [0.05, 0.1) is 12.5 Å². The molecule has 2 aromatic carbocycles. The molecule has 9 heteroatoms. The number of alkyl halides is 2. The van der Waals surface area contributed by atoms with Crippen LogP contribution in [0.15, 0.2) is 63.8 Å². The highest BCUT2D eigenvalue weighted by Crippen LogP contribution is 2.36. The van der Waals surface area contributed by atoms with Crippen molar-refractivity contribution >= 4 is 16.8 Å². The summed E-state index contributed by atoms with van der Waals surface area (Å²) in [5, 5.41) is 11.7. The third-order valence-electron chi connectivity index (χ3n) is 6.49. The van der Waals surface area contributed by atoms with Gasteiger partial charge in [-0.25, -0.2) is 0 Å². The molecule has 2 N–H and O–H groups in total. The summed E-state index contributed by atoms with van der Waals surface area (Å²) in [5.74, 6) is -1.68. The van der Waals surface area contributed by atoms with Crippen molar-refractivity contribution in [1.82, 2.24) is 9.88 Å². The summed E-state index contributed by atoms with van der Waals surface area (Å²) < 4.78 is 35.8. The van der Waals surface area contributed by atoms with Crippen molar-refractivity contribution in [1.29, 1.82) is 0 Å². The van der Waals surface area contributed by atoms with Crippen LogP contribution in [0.4, 0.5) is 8.78 Å². The first-order valence-corrected chi connectivity index (χ1v) is 11.5. The lowest BCUT2D eigenvalue weighted by Crippen LogP contribution is -2.36. The van der Waals surface area contributed by atoms with Crippen LogP contribution in [0.1, 0.15) is 40.7 Å². The summed E-state index contributed by atoms with van der Waals surface area (Å²) in [6.45, 7) is -0.585. The maximum atomic E-state index is 13.5. The summed E-state index contributed by atoms with van der Waals surface area (Å²) in [7, 11) is 0. The zero-order valence-electron chi connectivity index (χ0n) is 19.5. The van der Waals surface area contributed by atoms with Crippen LogP contribution in [0.2, 0.25) is 0 Å². The smallest absolute Gasteiger partial charge is 0.387 e. The molecule has 0 saturated heterocycles. The number of carbonyl (C=O) groups excluding carboxylic acids is 1. The minimum absolute atomic E-state index is 0.0918. The molecule has 1 aliphatic rings. The second kappa shape index (κ2) is 9.49. The molecule has 0 unspecified atom stereocenters. The second-order valence-electron chi connectivity index (χ2n) is 8.83. The van der Waals surface area contributed by atoms with Gasteiger partial charge >= 0.3 is 6.61 Å². The molecule has 1 atom stereocenters. The number of rotatable bonds is 6. The van der Waals surface area contributed by atoms with Gasteiger partial charge in [-0.2, -0.15) is 8.78 Å². The highest BCUT2D eigenvalue weighted by atomic mass is 19.3. The Labute approximate surface area is 204 Å². The number of carbonyl (C=O) groups is 1. The van der Waals surface area contributed by atoms with Crippen LogP contribution >= 0.6 is 0 Å². The predicted molar refractivity (Wildman–Crippen MR) is 128 cm³/mol. The van der Waals surface area contributed by atoms with Gasteiger partial charge in [-0.15, -0.1) is 0 Å². The molecule has 0 saturated carbocycles. The van der Waals surface area contributed by atoms with E-state index in [1.54, 1.807) is 17.9 Å². The first kappa shape index (κ1) is 23.6. The highest BCUT2D eigenvalue weighted by Gasteiger charge is 2.30. The average Bonchev–Trinajstić information content (AvgIpc) is 3.22. The zero-order chi connectivity index (χ0) is 25.4. The Balaban J connectivity index is 1.47. The molecule has 0 bridgehead atoms. The number of para-hydroxylation sites is 1. The summed E-state index contributed by atoms with van der Waals surface area (Å²) in [4.78, 5) is 30.9. The van der Waals surface area contributed by atoms with Gasteiger partial charge in [0.1, 0.15) is 11.5 Å². The van der Waals surface area contributed by atoms with E-state index in [2.05, 4.69) is 15.8 Å². The molecule has 7 nitrogen and oxygen atoms in total. The molecule has 0 fully saturated rings. The van der Waals surface area contributed by atoms with Crippen LogP contribution in [-0.2, 0) is 17.8 Å². The maximum absolute atomic E-state index is 13.5.